The van der Waals surface area contributed by atoms with Crippen molar-refractivity contribution in [1.82, 2.24) is 5.16 Å². The first-order valence-electron chi connectivity index (χ1n) is 4.84. The van der Waals surface area contributed by atoms with Gasteiger partial charge in [-0.25, -0.2) is 0 Å². The number of aromatic nitrogens is 1. The molecule has 1 rings (SSSR count). The molecule has 110 valence electrons. The number of hydrogen-bond acceptors (Lipinski definition) is 6. The molecule has 0 aliphatic heterocycles. The summed E-state index contributed by atoms with van der Waals surface area (Å²) >= 11 is 0. The number of rotatable bonds is 6. The lowest BCUT2D eigenvalue weighted by atomic mass is 10.2. The smallest absolute Gasteiger partial charge is 0.369 e. The van der Waals surface area contributed by atoms with Crippen molar-refractivity contribution in [3.8, 4) is 5.88 Å². The molecule has 0 atom stereocenters. The Bertz CT molecular complexity index is 506. The summed E-state index contributed by atoms with van der Waals surface area (Å²) in [7, 11) is -9.59. The van der Waals surface area contributed by atoms with Crippen LogP contribution in [-0.4, -0.2) is 42.0 Å². The lowest BCUT2D eigenvalue weighted by Crippen LogP contribution is -2.29. The number of aryl methyl sites for hydroxylation is 1. The Morgan fingerprint density at radius 1 is 1.32 bits per heavy atom. The molecule has 10 nitrogen and oxygen atoms in total. The molecule has 0 aliphatic carbocycles. The molecule has 0 spiro atoms. The van der Waals surface area contributed by atoms with Crippen LogP contribution < -0.4 is 4.74 Å². The zero-order chi connectivity index (χ0) is 14.9. The SMILES string of the molecule is COc1cc(CCC(O)(P(=O)(O)O)P(=O)(O)O)on1. The standard InChI is InChI=1S/C7H13NO9P2/c1-16-6-4-5(17-8-6)2-3-7(9,18(10,11)12)19(13,14)15/h4,9H,2-3H2,1H3,(H2,10,11,12)(H2,13,14,15). The predicted octanol–water partition coefficient (Wildman–Crippen LogP) is -0.383. The second kappa shape index (κ2) is 5.34. The fourth-order valence-electron chi connectivity index (χ4n) is 1.26. The van der Waals surface area contributed by atoms with Gasteiger partial charge in [0, 0.05) is 18.9 Å². The Hall–Kier alpha value is -0.730. The van der Waals surface area contributed by atoms with Gasteiger partial charge >= 0.3 is 15.2 Å². The highest BCUT2D eigenvalue weighted by Gasteiger charge is 2.58. The van der Waals surface area contributed by atoms with E-state index in [1.54, 1.807) is 0 Å². The molecule has 0 aromatic carbocycles. The van der Waals surface area contributed by atoms with Crippen molar-refractivity contribution in [3.05, 3.63) is 11.8 Å². The van der Waals surface area contributed by atoms with Crippen molar-refractivity contribution in [2.75, 3.05) is 7.11 Å². The van der Waals surface area contributed by atoms with Crippen LogP contribution in [0, 0.1) is 0 Å². The Morgan fingerprint density at radius 3 is 2.21 bits per heavy atom. The van der Waals surface area contributed by atoms with Crippen molar-refractivity contribution in [2.24, 2.45) is 0 Å². The van der Waals surface area contributed by atoms with Gasteiger partial charge in [0.05, 0.1) is 7.11 Å². The second-order valence-electron chi connectivity index (χ2n) is 3.70. The molecule has 0 fully saturated rings. The Kier molecular flexibility index (Phi) is 4.58. The van der Waals surface area contributed by atoms with Gasteiger partial charge in [-0.2, -0.15) is 0 Å². The van der Waals surface area contributed by atoms with Crippen LogP contribution in [0.25, 0.3) is 0 Å². The first-order valence-corrected chi connectivity index (χ1v) is 8.07. The number of nitrogens with zero attached hydrogens (tertiary/aromatic N) is 1. The molecule has 0 bridgehead atoms. The van der Waals surface area contributed by atoms with E-state index in [0.29, 0.717) is 0 Å². The molecule has 1 heterocycles. The molecule has 0 saturated heterocycles. The van der Waals surface area contributed by atoms with E-state index in [-0.39, 0.29) is 18.1 Å². The molecule has 0 amide bonds. The van der Waals surface area contributed by atoms with Crippen LogP contribution in [0.5, 0.6) is 5.88 Å². The molecule has 0 saturated carbocycles. The highest BCUT2D eigenvalue weighted by atomic mass is 31.2. The van der Waals surface area contributed by atoms with E-state index in [4.69, 9.17) is 19.6 Å². The predicted molar refractivity (Wildman–Crippen MR) is 60.4 cm³/mol. The Labute approximate surface area is 107 Å². The molecule has 0 aliphatic rings. The van der Waals surface area contributed by atoms with Gasteiger partial charge in [0.25, 0.3) is 11.0 Å². The summed E-state index contributed by atoms with van der Waals surface area (Å²) in [6.07, 6.45) is -1.25. The molecule has 5 N–H and O–H groups in total. The maximum atomic E-state index is 11.1. The number of hydrogen-bond donors (Lipinski definition) is 5. The Balaban J connectivity index is 2.92. The highest BCUT2D eigenvalue weighted by molar-refractivity contribution is 7.72. The minimum atomic E-state index is -5.45. The quantitative estimate of drug-likeness (QED) is 0.435. The average Bonchev–Trinajstić information content (AvgIpc) is 2.70. The van der Waals surface area contributed by atoms with Crippen LogP contribution in [0.4, 0.5) is 0 Å². The number of ether oxygens (including phenoxy) is 1. The van der Waals surface area contributed by atoms with Crippen LogP contribution in [0.15, 0.2) is 10.6 Å². The summed E-state index contributed by atoms with van der Waals surface area (Å²) in [4.78, 5) is 35.6. The summed E-state index contributed by atoms with van der Waals surface area (Å²) in [5, 5.41) is 9.52. The van der Waals surface area contributed by atoms with E-state index in [1.807, 2.05) is 0 Å². The van der Waals surface area contributed by atoms with E-state index >= 15 is 0 Å². The highest BCUT2D eigenvalue weighted by Crippen LogP contribution is 2.69. The first kappa shape index (κ1) is 16.3. The largest absolute Gasteiger partial charge is 0.479 e. The zero-order valence-corrected chi connectivity index (χ0v) is 11.5. The van der Waals surface area contributed by atoms with Crippen LogP contribution in [0.3, 0.4) is 0 Å². The fourth-order valence-corrected chi connectivity index (χ4v) is 3.42. The van der Waals surface area contributed by atoms with Gasteiger partial charge in [-0.3, -0.25) is 9.13 Å². The third kappa shape index (κ3) is 3.43. The van der Waals surface area contributed by atoms with Crippen LogP contribution in [-0.2, 0) is 15.6 Å². The summed E-state index contributed by atoms with van der Waals surface area (Å²) in [6, 6.07) is 1.26. The summed E-state index contributed by atoms with van der Waals surface area (Å²) in [5.74, 6) is 0.142. The average molecular weight is 317 g/mol. The molecule has 0 radical (unpaired) electrons. The van der Waals surface area contributed by atoms with Crippen molar-refractivity contribution in [1.29, 1.82) is 0 Å². The number of aliphatic hydroxyl groups is 1. The van der Waals surface area contributed by atoms with Crippen molar-refractivity contribution in [2.45, 2.75) is 17.9 Å². The van der Waals surface area contributed by atoms with Crippen LogP contribution in [0.2, 0.25) is 0 Å². The van der Waals surface area contributed by atoms with Crippen LogP contribution in [0.1, 0.15) is 12.2 Å². The molecule has 19 heavy (non-hydrogen) atoms. The van der Waals surface area contributed by atoms with Gasteiger partial charge in [0.15, 0.2) is 0 Å². The van der Waals surface area contributed by atoms with Gasteiger partial charge in [-0.05, 0) is 5.16 Å². The second-order valence-corrected chi connectivity index (χ2v) is 7.71. The van der Waals surface area contributed by atoms with E-state index in [0.717, 1.165) is 0 Å². The van der Waals surface area contributed by atoms with Crippen molar-refractivity contribution >= 4 is 15.2 Å². The van der Waals surface area contributed by atoms with Gasteiger partial charge < -0.3 is 33.9 Å². The molecule has 12 heteroatoms. The molecular weight excluding hydrogens is 304 g/mol. The zero-order valence-electron chi connectivity index (χ0n) is 9.70. The monoisotopic (exact) mass is 317 g/mol. The van der Waals surface area contributed by atoms with E-state index in [2.05, 4.69) is 14.4 Å². The van der Waals surface area contributed by atoms with E-state index in [1.165, 1.54) is 13.2 Å². The van der Waals surface area contributed by atoms with E-state index < -0.39 is 26.7 Å². The van der Waals surface area contributed by atoms with Crippen molar-refractivity contribution < 1.29 is 43.1 Å². The van der Waals surface area contributed by atoms with Gasteiger partial charge in [0.2, 0.25) is 0 Å². The maximum absolute atomic E-state index is 11.1. The van der Waals surface area contributed by atoms with Crippen molar-refractivity contribution in [3.63, 3.8) is 0 Å². The van der Waals surface area contributed by atoms with Gasteiger partial charge in [-0.1, -0.05) is 0 Å². The van der Waals surface area contributed by atoms with Crippen LogP contribution >= 0.6 is 15.2 Å². The number of methoxy groups -OCH3 is 1. The third-order valence-electron chi connectivity index (χ3n) is 2.39. The Morgan fingerprint density at radius 2 is 1.84 bits per heavy atom. The lowest BCUT2D eigenvalue weighted by Gasteiger charge is -2.28. The first-order chi connectivity index (χ1) is 8.51. The summed E-state index contributed by atoms with van der Waals surface area (Å²) in [5.41, 5.74) is 0. The van der Waals surface area contributed by atoms with Gasteiger partial charge in [0.1, 0.15) is 5.76 Å². The molecule has 0 unspecified atom stereocenters. The molecule has 1 aromatic rings. The summed E-state index contributed by atoms with van der Waals surface area (Å²) < 4.78 is 31.5. The normalized spacial score (nSPS) is 13.6. The maximum Gasteiger partial charge on any atom is 0.369 e. The molecule has 1 aromatic heterocycles. The minimum absolute atomic E-state index is 0.0529. The van der Waals surface area contributed by atoms with E-state index in [9.17, 15) is 14.2 Å². The lowest BCUT2D eigenvalue weighted by molar-refractivity contribution is 0.121. The topological polar surface area (TPSA) is 171 Å². The minimum Gasteiger partial charge on any atom is -0.479 e. The molecular formula is C7H13NO9P2. The summed E-state index contributed by atoms with van der Waals surface area (Å²) in [6.45, 7) is 0. The fraction of sp³-hybridized carbons (Fsp3) is 0.571. The third-order valence-corrected chi connectivity index (χ3v) is 6.26. The van der Waals surface area contributed by atoms with Gasteiger partial charge in [-0.15, -0.1) is 0 Å².